The van der Waals surface area contributed by atoms with Gasteiger partial charge in [0.1, 0.15) is 5.75 Å². The number of carbonyl (C=O) groups is 3. The molecule has 334 valence electrons. The number of likely N-dealkylation sites (N-methyl/N-ethyl adjacent to an activating group) is 2. The largest absolute Gasteiger partial charge is 0.493 e. The Morgan fingerprint density at radius 1 is 0.635 bits per heavy atom. The van der Waals surface area contributed by atoms with Crippen molar-refractivity contribution in [2.24, 2.45) is 0 Å². The van der Waals surface area contributed by atoms with Crippen LogP contribution in [0.4, 0.5) is 0 Å². The summed E-state index contributed by atoms with van der Waals surface area (Å²) in [6.07, 6.45) is -2.00. The second-order valence-electron chi connectivity index (χ2n) is 16.4. The van der Waals surface area contributed by atoms with Gasteiger partial charge in [-0.05, 0) is 110 Å². The van der Waals surface area contributed by atoms with Crippen LogP contribution < -0.4 is 28.4 Å². The van der Waals surface area contributed by atoms with Gasteiger partial charge in [-0.1, -0.05) is 18.2 Å². The van der Waals surface area contributed by atoms with E-state index in [1.807, 2.05) is 30.3 Å². The van der Waals surface area contributed by atoms with Crippen LogP contribution in [-0.2, 0) is 59.0 Å². The molecule has 4 aromatic rings. The molecule has 5 aliphatic rings. The van der Waals surface area contributed by atoms with E-state index < -0.39 is 42.5 Å². The maximum absolute atomic E-state index is 12.5. The van der Waals surface area contributed by atoms with E-state index in [0.29, 0.717) is 46.7 Å². The number of ether oxygens (including phenoxy) is 10. The van der Waals surface area contributed by atoms with Gasteiger partial charge in [-0.3, -0.25) is 24.2 Å². The van der Waals surface area contributed by atoms with Gasteiger partial charge in [-0.15, -0.1) is 0 Å². The minimum atomic E-state index is -1.30. The first-order chi connectivity index (χ1) is 30.3. The molecule has 15 nitrogen and oxygen atoms in total. The van der Waals surface area contributed by atoms with Crippen LogP contribution in [-0.4, -0.2) is 107 Å². The van der Waals surface area contributed by atoms with Crippen LogP contribution in [0, 0.1) is 0 Å². The van der Waals surface area contributed by atoms with Crippen molar-refractivity contribution in [3.05, 3.63) is 94.0 Å². The predicted octanol–water partition coefficient (Wildman–Crippen LogP) is 6.68. The lowest BCUT2D eigenvalue weighted by atomic mass is 9.87. The molecule has 0 aliphatic carbocycles. The van der Waals surface area contributed by atoms with Crippen molar-refractivity contribution in [1.29, 1.82) is 0 Å². The van der Waals surface area contributed by atoms with Crippen LogP contribution >= 0.6 is 0 Å². The third-order valence-electron chi connectivity index (χ3n) is 12.2. The highest BCUT2D eigenvalue weighted by molar-refractivity contribution is 5.69. The van der Waals surface area contributed by atoms with E-state index >= 15 is 0 Å². The average Bonchev–Trinajstić information content (AvgIpc) is 3.25. The van der Waals surface area contributed by atoms with Gasteiger partial charge in [0.25, 0.3) is 0 Å². The molecule has 6 bridgehead atoms. The van der Waals surface area contributed by atoms with Crippen LogP contribution in [0.1, 0.15) is 66.2 Å². The Balaban J connectivity index is 1.25. The Kier molecular flexibility index (Phi) is 12.7. The Morgan fingerprint density at radius 3 is 1.94 bits per heavy atom. The normalized spacial score (nSPS) is 23.0. The molecule has 5 aliphatic heterocycles. The van der Waals surface area contributed by atoms with Crippen LogP contribution in [0.2, 0.25) is 0 Å². The lowest BCUT2D eigenvalue weighted by molar-refractivity contribution is -0.260. The van der Waals surface area contributed by atoms with Gasteiger partial charge in [-0.2, -0.15) is 0 Å². The van der Waals surface area contributed by atoms with E-state index in [4.69, 9.17) is 47.4 Å². The van der Waals surface area contributed by atoms with Gasteiger partial charge >= 0.3 is 17.9 Å². The molecule has 15 heteroatoms. The van der Waals surface area contributed by atoms with Crippen molar-refractivity contribution in [3.8, 4) is 46.0 Å². The molecule has 4 aromatic carbocycles. The van der Waals surface area contributed by atoms with Crippen molar-refractivity contribution in [1.82, 2.24) is 9.80 Å². The number of hydrogen-bond donors (Lipinski definition) is 0. The average molecular weight is 867 g/mol. The summed E-state index contributed by atoms with van der Waals surface area (Å²) in [6.45, 7) is 5.11. The van der Waals surface area contributed by atoms with E-state index in [1.165, 1.54) is 26.3 Å². The van der Waals surface area contributed by atoms with Crippen LogP contribution in [0.25, 0.3) is 0 Å². The summed E-state index contributed by atoms with van der Waals surface area (Å²) >= 11 is 0. The first-order valence-corrected chi connectivity index (χ1v) is 21.1. The highest BCUT2D eigenvalue weighted by atomic mass is 16.7. The summed E-state index contributed by atoms with van der Waals surface area (Å²) in [4.78, 5) is 41.4. The van der Waals surface area contributed by atoms with Crippen molar-refractivity contribution < 1.29 is 61.8 Å². The van der Waals surface area contributed by atoms with Gasteiger partial charge in [0.15, 0.2) is 46.7 Å². The predicted molar refractivity (Wildman–Crippen MR) is 228 cm³/mol. The minimum Gasteiger partial charge on any atom is -0.493 e. The summed E-state index contributed by atoms with van der Waals surface area (Å²) < 4.78 is 61.0. The van der Waals surface area contributed by atoms with Gasteiger partial charge < -0.3 is 47.4 Å². The smallest absolute Gasteiger partial charge is 0.303 e. The number of esters is 3. The molecule has 6 atom stereocenters. The fourth-order valence-electron chi connectivity index (χ4n) is 9.14. The highest BCUT2D eigenvalue weighted by Gasteiger charge is 2.48. The van der Waals surface area contributed by atoms with Crippen molar-refractivity contribution in [2.75, 3.05) is 55.1 Å². The lowest BCUT2D eigenvalue weighted by Gasteiger charge is -2.40. The molecule has 63 heavy (non-hydrogen) atoms. The van der Waals surface area contributed by atoms with Crippen molar-refractivity contribution in [2.45, 2.75) is 83.1 Å². The van der Waals surface area contributed by atoms with Gasteiger partial charge in [0, 0.05) is 51.5 Å². The van der Waals surface area contributed by atoms with Crippen LogP contribution in [0.5, 0.6) is 46.0 Å². The Hall–Kier alpha value is -6.03. The second kappa shape index (κ2) is 18.4. The Bertz CT molecular complexity index is 2370. The van der Waals surface area contributed by atoms with Gasteiger partial charge in [0.05, 0.1) is 27.9 Å². The zero-order valence-electron chi connectivity index (χ0n) is 36.9. The van der Waals surface area contributed by atoms with E-state index in [9.17, 15) is 14.4 Å². The fourth-order valence-corrected chi connectivity index (χ4v) is 9.14. The number of fused-ring (bicyclic) bond motifs is 2. The molecule has 0 amide bonds. The highest BCUT2D eigenvalue weighted by Crippen LogP contribution is 2.52. The molecular formula is C48H54N2O13. The summed E-state index contributed by atoms with van der Waals surface area (Å²) in [5.41, 5.74) is 6.42. The lowest BCUT2D eigenvalue weighted by Crippen LogP contribution is -2.59. The molecule has 0 spiro atoms. The quantitative estimate of drug-likeness (QED) is 0.137. The number of hydrogen-bond acceptors (Lipinski definition) is 15. The van der Waals surface area contributed by atoms with Gasteiger partial charge in [0.2, 0.25) is 18.1 Å². The standard InChI is InChI=1S/C48H54N2O13/c1-26(51)58-42-25-57-48(47(60-28(3)53)45(42)59-27(2)52)63-37-14-11-30-20-36-43-32(16-18-50(36)5)23-41(55-7)44(56-8)46(43)62-40-24-34-31(22-38(40)54-6)15-17-49(4)35(34)19-29-9-12-33(13-10-29)61-39(37)21-30/h9-14,21-24,35-36,42,45,47-48H,15-20,25H2,1-8H3/t35-,36+,42+,45-,47+,48-/m0/s1. The maximum atomic E-state index is 12.5. The molecule has 9 rings (SSSR count). The second-order valence-corrected chi connectivity index (χ2v) is 16.4. The van der Waals surface area contributed by atoms with Crippen molar-refractivity contribution >= 4 is 17.9 Å². The molecule has 0 radical (unpaired) electrons. The zero-order valence-corrected chi connectivity index (χ0v) is 36.9. The van der Waals surface area contributed by atoms with Crippen LogP contribution in [0.3, 0.4) is 0 Å². The van der Waals surface area contributed by atoms with Gasteiger partial charge in [-0.25, -0.2) is 0 Å². The van der Waals surface area contributed by atoms with E-state index in [-0.39, 0.29) is 24.4 Å². The SMILES string of the molecule is COc1cc2c3cc1Oc1c(OC)c(OC)cc4c1[C@@H](Cc1ccc(O[C@@H]5OC[C@@H](OC(C)=O)[C@H](OC(C)=O)[C@H]5OC(C)=O)c(c1)Oc1ccc(cc1)C[C@@H]3N(C)CC2)N(C)CC4. The number of benzene rings is 4. The topological polar surface area (TPSA) is 150 Å². The monoisotopic (exact) mass is 866 g/mol. The molecule has 0 unspecified atom stereocenters. The minimum absolute atomic E-state index is 0.0428. The summed E-state index contributed by atoms with van der Waals surface area (Å²) in [6, 6.07) is 19.7. The van der Waals surface area contributed by atoms with Crippen molar-refractivity contribution in [3.63, 3.8) is 0 Å². The Labute approximate surface area is 366 Å². The molecule has 5 heterocycles. The molecule has 0 N–H and O–H groups in total. The summed E-state index contributed by atoms with van der Waals surface area (Å²) in [5, 5.41) is 0. The van der Waals surface area contributed by atoms with E-state index in [0.717, 1.165) is 60.2 Å². The van der Waals surface area contributed by atoms with E-state index in [1.54, 1.807) is 27.4 Å². The van der Waals surface area contributed by atoms with E-state index in [2.05, 4.69) is 48.2 Å². The first-order valence-electron chi connectivity index (χ1n) is 21.1. The molecule has 1 saturated heterocycles. The molecule has 0 aromatic heterocycles. The summed E-state index contributed by atoms with van der Waals surface area (Å²) in [5.74, 6) is 2.02. The molecule has 0 saturated carbocycles. The first kappa shape index (κ1) is 43.6. The molecule has 1 fully saturated rings. The number of carbonyl (C=O) groups excluding carboxylic acids is 3. The fraction of sp³-hybridized carbons (Fsp3) is 0.438. The number of rotatable bonds is 8. The number of methoxy groups -OCH3 is 3. The summed E-state index contributed by atoms with van der Waals surface area (Å²) in [7, 11) is 9.15. The molecular weight excluding hydrogens is 813 g/mol. The van der Waals surface area contributed by atoms with Crippen LogP contribution in [0.15, 0.2) is 60.7 Å². The Morgan fingerprint density at radius 2 is 1.25 bits per heavy atom. The number of nitrogens with zero attached hydrogens (tertiary/aromatic N) is 2. The maximum Gasteiger partial charge on any atom is 0.303 e. The zero-order chi connectivity index (χ0) is 44.5. The third-order valence-corrected chi connectivity index (χ3v) is 12.2. The third kappa shape index (κ3) is 9.08.